The van der Waals surface area contributed by atoms with Gasteiger partial charge in [0.25, 0.3) is 0 Å². The van der Waals surface area contributed by atoms with Crippen molar-refractivity contribution in [3.8, 4) is 0 Å². The largest absolute Gasteiger partial charge is 0.384 e. The van der Waals surface area contributed by atoms with Crippen LogP contribution in [0.2, 0.25) is 0 Å². The van der Waals surface area contributed by atoms with E-state index in [9.17, 15) is 4.39 Å². The molecule has 0 atom stereocenters. The molecule has 0 amide bonds. The van der Waals surface area contributed by atoms with Crippen molar-refractivity contribution in [1.29, 1.82) is 0 Å². The molecule has 0 bridgehead atoms. The lowest BCUT2D eigenvalue weighted by atomic mass is 9.80. The summed E-state index contributed by atoms with van der Waals surface area (Å²) in [4.78, 5) is 0. The van der Waals surface area contributed by atoms with E-state index in [0.717, 1.165) is 18.4 Å². The zero-order valence-corrected chi connectivity index (χ0v) is 13.1. The van der Waals surface area contributed by atoms with Crippen LogP contribution in [0.5, 0.6) is 0 Å². The molecule has 1 fully saturated rings. The first-order valence-corrected chi connectivity index (χ1v) is 8.13. The van der Waals surface area contributed by atoms with Crippen LogP contribution in [0.1, 0.15) is 43.2 Å². The summed E-state index contributed by atoms with van der Waals surface area (Å²) in [6.07, 6.45) is 10.7. The third-order valence-electron chi connectivity index (χ3n) is 4.68. The monoisotopic (exact) mass is 290 g/mol. The van der Waals surface area contributed by atoms with E-state index in [1.807, 2.05) is 0 Å². The van der Waals surface area contributed by atoms with E-state index < -0.39 is 0 Å². The first kappa shape index (κ1) is 16.2. The van der Waals surface area contributed by atoms with Crippen LogP contribution in [-0.4, -0.2) is 13.7 Å². The van der Waals surface area contributed by atoms with E-state index in [1.54, 1.807) is 13.2 Å². The molecule has 0 N–H and O–H groups in total. The topological polar surface area (TPSA) is 9.23 Å². The van der Waals surface area contributed by atoms with Gasteiger partial charge < -0.3 is 4.74 Å². The number of rotatable bonds is 7. The molecule has 0 radical (unpaired) electrons. The number of ether oxygens (including phenoxy) is 1. The first-order chi connectivity index (χ1) is 10.3. The minimum atomic E-state index is 0.619. The van der Waals surface area contributed by atoms with Crippen LogP contribution in [0.15, 0.2) is 36.7 Å². The summed E-state index contributed by atoms with van der Waals surface area (Å²) in [5.74, 6) is 1.67. The normalized spacial score (nSPS) is 22.8. The van der Waals surface area contributed by atoms with Crippen molar-refractivity contribution in [1.82, 2.24) is 0 Å². The fourth-order valence-electron chi connectivity index (χ4n) is 3.32. The van der Waals surface area contributed by atoms with E-state index in [-0.39, 0.29) is 0 Å². The van der Waals surface area contributed by atoms with Crippen LogP contribution in [0.25, 0.3) is 0 Å². The van der Waals surface area contributed by atoms with Crippen LogP contribution < -0.4 is 0 Å². The molecule has 0 spiro atoms. The first-order valence-electron chi connectivity index (χ1n) is 8.13. The molecule has 21 heavy (non-hydrogen) atoms. The number of methoxy groups -OCH3 is 1. The quantitative estimate of drug-likeness (QED) is 0.679. The van der Waals surface area contributed by atoms with Crippen molar-refractivity contribution in [2.75, 3.05) is 13.7 Å². The van der Waals surface area contributed by atoms with Crippen molar-refractivity contribution < 1.29 is 9.13 Å². The molecular formula is C19H27FO. The number of benzene rings is 1. The highest BCUT2D eigenvalue weighted by Crippen LogP contribution is 2.31. The van der Waals surface area contributed by atoms with Crippen LogP contribution in [0.3, 0.4) is 0 Å². The van der Waals surface area contributed by atoms with E-state index in [4.69, 9.17) is 4.74 Å². The Balaban J connectivity index is 1.71. The van der Waals surface area contributed by atoms with Gasteiger partial charge in [-0.2, -0.15) is 0 Å². The molecule has 0 aromatic heterocycles. The van der Waals surface area contributed by atoms with Gasteiger partial charge in [0.1, 0.15) is 0 Å². The van der Waals surface area contributed by atoms with Crippen molar-refractivity contribution >= 4 is 0 Å². The molecule has 1 aromatic rings. The zero-order valence-electron chi connectivity index (χ0n) is 13.1. The predicted octanol–water partition coefficient (Wildman–Crippen LogP) is 5.10. The van der Waals surface area contributed by atoms with Gasteiger partial charge in [0.05, 0.1) is 6.33 Å². The molecule has 2 rings (SSSR count). The third kappa shape index (κ3) is 5.62. The van der Waals surface area contributed by atoms with E-state index in [0.29, 0.717) is 12.8 Å². The summed E-state index contributed by atoms with van der Waals surface area (Å²) in [6, 6.07) is 8.62. The van der Waals surface area contributed by atoms with Gasteiger partial charge in [0, 0.05) is 13.7 Å². The molecule has 0 aliphatic heterocycles. The van der Waals surface area contributed by atoms with Gasteiger partial charge in [0.2, 0.25) is 0 Å². The molecule has 0 saturated heterocycles. The summed E-state index contributed by atoms with van der Waals surface area (Å²) in [5.41, 5.74) is 2.58. The number of aryl methyl sites for hydroxylation is 1. The van der Waals surface area contributed by atoms with E-state index in [2.05, 4.69) is 24.3 Å². The molecule has 0 unspecified atom stereocenters. The van der Waals surface area contributed by atoms with Crippen LogP contribution in [0, 0.1) is 11.8 Å². The summed E-state index contributed by atoms with van der Waals surface area (Å²) in [6.45, 7) is 0.932. The van der Waals surface area contributed by atoms with Gasteiger partial charge in [-0.1, -0.05) is 43.2 Å². The molecule has 1 aliphatic rings. The number of halogens is 1. The highest BCUT2D eigenvalue weighted by atomic mass is 19.1. The Kier molecular flexibility index (Phi) is 6.94. The minimum absolute atomic E-state index is 0.619. The number of hydrogen-bond acceptors (Lipinski definition) is 1. The predicted molar refractivity (Wildman–Crippen MR) is 86.0 cm³/mol. The lowest BCUT2D eigenvalue weighted by molar-refractivity contribution is 0.117. The molecule has 1 saturated carbocycles. The Bertz CT molecular complexity index is 416. The second-order valence-corrected chi connectivity index (χ2v) is 6.26. The van der Waals surface area contributed by atoms with Crippen LogP contribution in [-0.2, 0) is 17.6 Å². The molecule has 1 aromatic carbocycles. The van der Waals surface area contributed by atoms with Gasteiger partial charge in [-0.15, -0.1) is 0 Å². The standard InChI is InChI=1S/C19H27FO/c1-21-15-19-12-10-18(11-13-19)9-8-17-6-4-16(5-7-17)3-2-14-20/h2,4-7,14,18-19H,3,8-13,15H2,1H3. The summed E-state index contributed by atoms with van der Waals surface area (Å²) in [7, 11) is 1.80. The highest BCUT2D eigenvalue weighted by Gasteiger charge is 2.20. The van der Waals surface area contributed by atoms with Crippen molar-refractivity contribution in [3.63, 3.8) is 0 Å². The molecule has 1 nitrogen and oxygen atoms in total. The van der Waals surface area contributed by atoms with Crippen molar-refractivity contribution in [2.45, 2.75) is 44.9 Å². The van der Waals surface area contributed by atoms with Crippen molar-refractivity contribution in [3.05, 3.63) is 47.8 Å². The smallest absolute Gasteiger partial charge is 0.0830 e. The maximum Gasteiger partial charge on any atom is 0.0830 e. The SMILES string of the molecule is COCC1CCC(CCc2ccc(CC=CF)cc2)CC1. The van der Waals surface area contributed by atoms with Gasteiger partial charge >= 0.3 is 0 Å². The maximum absolute atomic E-state index is 12.0. The average molecular weight is 290 g/mol. The Hall–Kier alpha value is -1.15. The zero-order chi connectivity index (χ0) is 14.9. The molecule has 0 heterocycles. The Morgan fingerprint density at radius 3 is 2.29 bits per heavy atom. The second-order valence-electron chi connectivity index (χ2n) is 6.26. The highest BCUT2D eigenvalue weighted by molar-refractivity contribution is 5.24. The second kappa shape index (κ2) is 8.99. The maximum atomic E-state index is 12.0. The Labute approximate surface area is 128 Å². The average Bonchev–Trinajstić information content (AvgIpc) is 2.53. The summed E-state index contributed by atoms with van der Waals surface area (Å²) >= 11 is 0. The Morgan fingerprint density at radius 2 is 1.67 bits per heavy atom. The van der Waals surface area contributed by atoms with Gasteiger partial charge in [-0.25, -0.2) is 4.39 Å². The van der Waals surface area contributed by atoms with Gasteiger partial charge in [0.15, 0.2) is 0 Å². The lowest BCUT2D eigenvalue weighted by Gasteiger charge is -2.28. The van der Waals surface area contributed by atoms with Crippen LogP contribution >= 0.6 is 0 Å². The van der Waals surface area contributed by atoms with E-state index >= 15 is 0 Å². The number of hydrogen-bond donors (Lipinski definition) is 0. The molecule has 1 aliphatic carbocycles. The third-order valence-corrected chi connectivity index (χ3v) is 4.68. The Morgan fingerprint density at radius 1 is 1.05 bits per heavy atom. The summed E-state index contributed by atoms with van der Waals surface area (Å²) < 4.78 is 17.2. The van der Waals surface area contributed by atoms with Crippen LogP contribution in [0.4, 0.5) is 4.39 Å². The lowest BCUT2D eigenvalue weighted by Crippen LogP contribution is -2.18. The summed E-state index contributed by atoms with van der Waals surface area (Å²) in [5, 5.41) is 0. The van der Waals surface area contributed by atoms with Crippen molar-refractivity contribution in [2.24, 2.45) is 11.8 Å². The molecular weight excluding hydrogens is 263 g/mol. The van der Waals surface area contributed by atoms with Gasteiger partial charge in [-0.3, -0.25) is 0 Å². The van der Waals surface area contributed by atoms with E-state index in [1.165, 1.54) is 49.7 Å². The molecule has 2 heteroatoms. The fraction of sp³-hybridized carbons (Fsp3) is 0.579. The van der Waals surface area contributed by atoms with Gasteiger partial charge in [-0.05, 0) is 55.1 Å². The number of allylic oxidation sites excluding steroid dienone is 1. The molecule has 116 valence electrons. The fourth-order valence-corrected chi connectivity index (χ4v) is 3.32. The minimum Gasteiger partial charge on any atom is -0.384 e.